The molecule has 1 aliphatic heterocycles. The maximum Gasteiger partial charge on any atom is 0.165 e. The SMILES string of the molecule is CNC(C)c1cc(C)on1.O=CC1=CCc2cc(Cl)ccc2N1. The smallest absolute Gasteiger partial charge is 0.165 e. The lowest BCUT2D eigenvalue weighted by atomic mass is 10.1. The highest BCUT2D eigenvalue weighted by Crippen LogP contribution is 2.25. The van der Waals surface area contributed by atoms with Crippen LogP contribution in [0.1, 0.15) is 30.0 Å². The van der Waals surface area contributed by atoms with E-state index >= 15 is 0 Å². The molecule has 1 aromatic carbocycles. The third kappa shape index (κ3) is 4.68. The van der Waals surface area contributed by atoms with E-state index in [-0.39, 0.29) is 6.04 Å². The van der Waals surface area contributed by atoms with E-state index in [1.807, 2.05) is 45.2 Å². The minimum absolute atomic E-state index is 0.275. The highest BCUT2D eigenvalue weighted by molar-refractivity contribution is 6.30. The van der Waals surface area contributed by atoms with Gasteiger partial charge in [-0.3, -0.25) is 4.79 Å². The van der Waals surface area contributed by atoms with Crippen molar-refractivity contribution in [3.8, 4) is 0 Å². The molecule has 0 saturated carbocycles. The first kappa shape index (κ1) is 17.2. The number of aldehydes is 1. The van der Waals surface area contributed by atoms with Gasteiger partial charge in [0, 0.05) is 22.8 Å². The van der Waals surface area contributed by atoms with Crippen LogP contribution in [-0.4, -0.2) is 18.5 Å². The molecule has 0 aliphatic carbocycles. The van der Waals surface area contributed by atoms with Crippen molar-refractivity contribution in [3.05, 3.63) is 58.1 Å². The average Bonchev–Trinajstić information content (AvgIpc) is 3.00. The summed E-state index contributed by atoms with van der Waals surface area (Å²) in [5, 5.41) is 10.7. The second-order valence-corrected chi connectivity index (χ2v) is 5.72. The van der Waals surface area contributed by atoms with Gasteiger partial charge in [0.25, 0.3) is 0 Å². The van der Waals surface area contributed by atoms with Crippen LogP contribution >= 0.6 is 11.6 Å². The Morgan fingerprint density at radius 1 is 1.43 bits per heavy atom. The number of nitrogens with zero attached hydrogens (tertiary/aromatic N) is 1. The molecule has 6 heteroatoms. The molecule has 0 spiro atoms. The summed E-state index contributed by atoms with van der Waals surface area (Å²) in [6.45, 7) is 3.93. The number of aryl methyl sites for hydroxylation is 1. The minimum Gasteiger partial charge on any atom is -0.361 e. The van der Waals surface area contributed by atoms with Gasteiger partial charge in [-0.25, -0.2) is 0 Å². The molecule has 1 aliphatic rings. The van der Waals surface area contributed by atoms with Crippen molar-refractivity contribution in [2.45, 2.75) is 26.3 Å². The van der Waals surface area contributed by atoms with Crippen LogP contribution in [0.4, 0.5) is 5.69 Å². The van der Waals surface area contributed by atoms with E-state index in [1.165, 1.54) is 0 Å². The normalized spacial score (nSPS) is 13.8. The zero-order valence-electron chi connectivity index (χ0n) is 13.4. The summed E-state index contributed by atoms with van der Waals surface area (Å²) >= 11 is 5.83. The molecule has 3 rings (SSSR count). The number of anilines is 1. The third-order valence-electron chi connectivity index (χ3n) is 3.54. The van der Waals surface area contributed by atoms with Gasteiger partial charge in [-0.2, -0.15) is 0 Å². The van der Waals surface area contributed by atoms with Crippen LogP contribution in [0.2, 0.25) is 5.02 Å². The van der Waals surface area contributed by atoms with Gasteiger partial charge in [0.2, 0.25) is 0 Å². The molecule has 1 unspecified atom stereocenters. The first-order valence-corrected chi connectivity index (χ1v) is 7.72. The molecule has 0 radical (unpaired) electrons. The van der Waals surface area contributed by atoms with Crippen molar-refractivity contribution in [2.24, 2.45) is 0 Å². The van der Waals surface area contributed by atoms with Gasteiger partial charge in [-0.15, -0.1) is 0 Å². The van der Waals surface area contributed by atoms with E-state index in [4.69, 9.17) is 16.1 Å². The molecule has 122 valence electrons. The number of benzene rings is 1. The van der Waals surface area contributed by atoms with Crippen molar-refractivity contribution < 1.29 is 9.32 Å². The first-order valence-electron chi connectivity index (χ1n) is 7.34. The maximum atomic E-state index is 10.5. The number of rotatable bonds is 3. The van der Waals surface area contributed by atoms with Crippen molar-refractivity contribution in [3.63, 3.8) is 0 Å². The largest absolute Gasteiger partial charge is 0.361 e. The number of nitrogens with one attached hydrogen (secondary N) is 2. The van der Waals surface area contributed by atoms with Crippen LogP contribution in [0.25, 0.3) is 0 Å². The Morgan fingerprint density at radius 2 is 2.22 bits per heavy atom. The van der Waals surface area contributed by atoms with E-state index in [1.54, 1.807) is 6.07 Å². The fourth-order valence-electron chi connectivity index (χ4n) is 2.09. The molecular weight excluding hydrogens is 314 g/mol. The van der Waals surface area contributed by atoms with E-state index < -0.39 is 0 Å². The number of halogens is 1. The van der Waals surface area contributed by atoms with E-state index in [0.29, 0.717) is 5.70 Å². The molecular formula is C17H20ClN3O2. The second-order valence-electron chi connectivity index (χ2n) is 5.28. The van der Waals surface area contributed by atoms with Crippen molar-refractivity contribution in [1.82, 2.24) is 10.5 Å². The molecule has 2 heterocycles. The average molecular weight is 334 g/mol. The van der Waals surface area contributed by atoms with Crippen molar-refractivity contribution in [1.29, 1.82) is 0 Å². The Morgan fingerprint density at radius 3 is 2.83 bits per heavy atom. The number of carbonyl (C=O) groups excluding carboxylic acids is 1. The van der Waals surface area contributed by atoms with Gasteiger partial charge in [0.05, 0.1) is 5.70 Å². The third-order valence-corrected chi connectivity index (χ3v) is 3.77. The highest BCUT2D eigenvalue weighted by Gasteiger charge is 2.09. The molecule has 1 atom stereocenters. The summed E-state index contributed by atoms with van der Waals surface area (Å²) in [5.41, 5.74) is 3.67. The summed E-state index contributed by atoms with van der Waals surface area (Å²) in [6, 6.07) is 7.80. The lowest BCUT2D eigenvalue weighted by molar-refractivity contribution is -0.104. The number of fused-ring (bicyclic) bond motifs is 1. The molecule has 1 aromatic heterocycles. The van der Waals surface area contributed by atoms with Gasteiger partial charge < -0.3 is 15.2 Å². The van der Waals surface area contributed by atoms with Crippen LogP contribution < -0.4 is 10.6 Å². The molecule has 0 fully saturated rings. The van der Waals surface area contributed by atoms with Gasteiger partial charge in [-0.05, 0) is 51.1 Å². The van der Waals surface area contributed by atoms with E-state index in [0.717, 1.165) is 40.4 Å². The van der Waals surface area contributed by atoms with Crippen LogP contribution in [0.5, 0.6) is 0 Å². The summed E-state index contributed by atoms with van der Waals surface area (Å²) in [7, 11) is 1.90. The first-order chi connectivity index (χ1) is 11.0. The van der Waals surface area contributed by atoms with Crippen LogP contribution in [0.15, 0.2) is 40.6 Å². The van der Waals surface area contributed by atoms with E-state index in [9.17, 15) is 4.79 Å². The molecule has 2 aromatic rings. The number of carbonyl (C=O) groups is 1. The van der Waals surface area contributed by atoms with Gasteiger partial charge in [0.15, 0.2) is 6.29 Å². The zero-order chi connectivity index (χ0) is 16.8. The fourth-order valence-corrected chi connectivity index (χ4v) is 2.29. The fraction of sp³-hybridized carbons (Fsp3) is 0.294. The predicted molar refractivity (Wildman–Crippen MR) is 91.6 cm³/mol. The Hall–Kier alpha value is -2.11. The summed E-state index contributed by atoms with van der Waals surface area (Å²) in [6.07, 6.45) is 3.43. The van der Waals surface area contributed by atoms with Crippen LogP contribution in [0.3, 0.4) is 0 Å². The van der Waals surface area contributed by atoms with Crippen LogP contribution in [0, 0.1) is 6.92 Å². The highest BCUT2D eigenvalue weighted by atomic mass is 35.5. The summed E-state index contributed by atoms with van der Waals surface area (Å²) < 4.78 is 4.90. The molecule has 0 amide bonds. The summed E-state index contributed by atoms with van der Waals surface area (Å²) in [4.78, 5) is 10.5. The Bertz CT molecular complexity index is 710. The number of aromatic nitrogens is 1. The second kappa shape index (κ2) is 7.94. The quantitative estimate of drug-likeness (QED) is 0.839. The van der Waals surface area contributed by atoms with Gasteiger partial charge >= 0.3 is 0 Å². The lowest BCUT2D eigenvalue weighted by Crippen LogP contribution is -2.12. The van der Waals surface area contributed by atoms with Gasteiger partial charge in [0.1, 0.15) is 11.5 Å². The lowest BCUT2D eigenvalue weighted by Gasteiger charge is -2.15. The molecule has 23 heavy (non-hydrogen) atoms. The molecule has 2 N–H and O–H groups in total. The summed E-state index contributed by atoms with van der Waals surface area (Å²) in [5.74, 6) is 0.858. The van der Waals surface area contributed by atoms with Crippen molar-refractivity contribution in [2.75, 3.05) is 12.4 Å². The standard InChI is InChI=1S/C10H8ClNO.C7H12N2O/c11-8-2-4-10-7(5-8)1-3-9(6-13)12-10;1-5-4-7(9-10-5)6(2)8-3/h2-6,12H,1H2;4,6,8H,1-3H3. The molecule has 0 saturated heterocycles. The predicted octanol–water partition coefficient (Wildman–Crippen LogP) is 3.65. The molecule has 0 bridgehead atoms. The van der Waals surface area contributed by atoms with E-state index in [2.05, 4.69) is 15.8 Å². The Labute approximate surface area is 140 Å². The number of allylic oxidation sites excluding steroid dienone is 2. The monoisotopic (exact) mass is 333 g/mol. The zero-order valence-corrected chi connectivity index (χ0v) is 14.1. The van der Waals surface area contributed by atoms with Gasteiger partial charge in [-0.1, -0.05) is 22.8 Å². The van der Waals surface area contributed by atoms with Crippen molar-refractivity contribution >= 4 is 23.6 Å². The number of hydrogen-bond acceptors (Lipinski definition) is 5. The Balaban J connectivity index is 0.000000174. The minimum atomic E-state index is 0.275. The number of hydrogen-bond donors (Lipinski definition) is 2. The maximum absolute atomic E-state index is 10.5. The Kier molecular flexibility index (Phi) is 5.96. The molecule has 5 nitrogen and oxygen atoms in total. The topological polar surface area (TPSA) is 67.2 Å². The van der Waals surface area contributed by atoms with Crippen LogP contribution in [-0.2, 0) is 11.2 Å².